The van der Waals surface area contributed by atoms with Crippen LogP contribution in [0.25, 0.3) is 0 Å². The third-order valence-electron chi connectivity index (χ3n) is 3.52. The Morgan fingerprint density at radius 2 is 2.35 bits per heavy atom. The minimum absolute atomic E-state index is 0.546. The van der Waals surface area contributed by atoms with Crippen molar-refractivity contribution in [2.75, 3.05) is 43.5 Å². The van der Waals surface area contributed by atoms with Gasteiger partial charge in [-0.05, 0) is 32.4 Å². The Morgan fingerprint density at radius 3 is 3.05 bits per heavy atom. The first kappa shape index (κ1) is 15.4. The molecule has 1 saturated heterocycles. The van der Waals surface area contributed by atoms with E-state index in [9.17, 15) is 0 Å². The highest BCUT2D eigenvalue weighted by molar-refractivity contribution is 7.99. The molecule has 1 aliphatic heterocycles. The van der Waals surface area contributed by atoms with E-state index in [1.54, 1.807) is 11.8 Å². The fourth-order valence-electron chi connectivity index (χ4n) is 2.35. The number of aromatic nitrogens is 2. The van der Waals surface area contributed by atoms with Crippen LogP contribution in [0.3, 0.4) is 0 Å². The quantitative estimate of drug-likeness (QED) is 0.457. The molecule has 1 atom stereocenters. The molecule has 0 amide bonds. The molecule has 5 nitrogen and oxygen atoms in total. The lowest BCUT2D eigenvalue weighted by Crippen LogP contribution is -2.19. The number of nitrogens with zero attached hydrogens (tertiary/aromatic N) is 3. The molecular formula is C14H25N5S. The van der Waals surface area contributed by atoms with Crippen molar-refractivity contribution in [1.82, 2.24) is 14.9 Å². The van der Waals surface area contributed by atoms with Crippen LogP contribution in [0.4, 0.5) is 11.6 Å². The van der Waals surface area contributed by atoms with E-state index in [1.807, 2.05) is 6.07 Å². The maximum atomic E-state index is 5.86. The molecule has 2 heterocycles. The van der Waals surface area contributed by atoms with E-state index in [-0.39, 0.29) is 0 Å². The number of nitrogens with two attached hydrogens (primary N) is 1. The Kier molecular flexibility index (Phi) is 5.91. The van der Waals surface area contributed by atoms with Gasteiger partial charge in [0.05, 0.1) is 0 Å². The fraction of sp³-hybridized carbons (Fsp3) is 0.714. The number of likely N-dealkylation sites (tertiary alicyclic amines) is 1. The zero-order chi connectivity index (χ0) is 14.4. The van der Waals surface area contributed by atoms with Crippen LogP contribution in [-0.2, 0) is 0 Å². The average molecular weight is 295 g/mol. The minimum Gasteiger partial charge on any atom is -0.383 e. The molecule has 0 bridgehead atoms. The number of hydrogen-bond donors (Lipinski definition) is 2. The van der Waals surface area contributed by atoms with E-state index in [0.29, 0.717) is 11.7 Å². The second kappa shape index (κ2) is 7.69. The topological polar surface area (TPSA) is 67.1 Å². The lowest BCUT2D eigenvalue weighted by Gasteiger charge is -2.13. The minimum atomic E-state index is 0.546. The molecule has 0 radical (unpaired) electrons. The van der Waals surface area contributed by atoms with Gasteiger partial charge in [-0.15, -0.1) is 0 Å². The highest BCUT2D eigenvalue weighted by atomic mass is 32.2. The molecule has 2 rings (SSSR count). The van der Waals surface area contributed by atoms with Gasteiger partial charge in [-0.1, -0.05) is 25.1 Å². The van der Waals surface area contributed by atoms with Gasteiger partial charge in [0, 0.05) is 24.9 Å². The summed E-state index contributed by atoms with van der Waals surface area (Å²) in [5.74, 6) is 3.15. The molecule has 0 saturated carbocycles. The molecule has 20 heavy (non-hydrogen) atoms. The molecule has 112 valence electrons. The van der Waals surface area contributed by atoms with Crippen molar-refractivity contribution in [3.63, 3.8) is 0 Å². The third kappa shape index (κ3) is 4.83. The number of nitrogen functional groups attached to an aromatic ring is 1. The molecule has 0 aliphatic carbocycles. The molecular weight excluding hydrogens is 270 g/mol. The van der Waals surface area contributed by atoms with Crippen LogP contribution in [0.5, 0.6) is 0 Å². The highest BCUT2D eigenvalue weighted by Crippen LogP contribution is 2.20. The Balaban J connectivity index is 1.86. The summed E-state index contributed by atoms with van der Waals surface area (Å²) in [6.45, 7) is 5.49. The summed E-state index contributed by atoms with van der Waals surface area (Å²) < 4.78 is 0. The molecule has 1 aliphatic rings. The smallest absolute Gasteiger partial charge is 0.191 e. The number of hydrogen-bond acceptors (Lipinski definition) is 6. The lowest BCUT2D eigenvalue weighted by atomic mass is 10.1. The van der Waals surface area contributed by atoms with E-state index in [0.717, 1.165) is 29.8 Å². The van der Waals surface area contributed by atoms with Crippen molar-refractivity contribution in [3.05, 3.63) is 6.07 Å². The van der Waals surface area contributed by atoms with Crippen LogP contribution in [-0.4, -0.2) is 47.3 Å². The van der Waals surface area contributed by atoms with Crippen LogP contribution in [0.15, 0.2) is 11.2 Å². The number of rotatable bonds is 7. The Hall–Kier alpha value is -1.01. The molecule has 6 heteroatoms. The summed E-state index contributed by atoms with van der Waals surface area (Å²) >= 11 is 1.68. The van der Waals surface area contributed by atoms with E-state index >= 15 is 0 Å². The Morgan fingerprint density at radius 1 is 1.50 bits per heavy atom. The second-order valence-corrected chi connectivity index (χ2v) is 6.52. The molecule has 0 spiro atoms. The first-order valence-corrected chi connectivity index (χ1v) is 8.35. The standard InChI is InChI=1S/C14H25N5S/c1-3-4-7-20-14-17-12(15)8-13(18-14)16-9-11-5-6-19(2)10-11/h8,11H,3-7,9-10H2,1-2H3,(H3,15,16,17,18). The molecule has 1 unspecified atom stereocenters. The maximum absolute atomic E-state index is 5.86. The van der Waals surface area contributed by atoms with Crippen molar-refractivity contribution in [2.45, 2.75) is 31.3 Å². The zero-order valence-corrected chi connectivity index (χ0v) is 13.2. The summed E-state index contributed by atoms with van der Waals surface area (Å²) in [6, 6.07) is 1.82. The third-order valence-corrected chi connectivity index (χ3v) is 4.45. The summed E-state index contributed by atoms with van der Waals surface area (Å²) in [5, 5.41) is 4.19. The van der Waals surface area contributed by atoms with Crippen LogP contribution in [0.1, 0.15) is 26.2 Å². The van der Waals surface area contributed by atoms with Crippen molar-refractivity contribution >= 4 is 23.4 Å². The van der Waals surface area contributed by atoms with Crippen LogP contribution in [0, 0.1) is 5.92 Å². The number of nitrogens with one attached hydrogen (secondary N) is 1. The fourth-order valence-corrected chi connectivity index (χ4v) is 3.30. The van der Waals surface area contributed by atoms with Crippen molar-refractivity contribution < 1.29 is 0 Å². The van der Waals surface area contributed by atoms with Crippen LogP contribution in [0.2, 0.25) is 0 Å². The van der Waals surface area contributed by atoms with Crippen molar-refractivity contribution in [2.24, 2.45) is 5.92 Å². The van der Waals surface area contributed by atoms with Gasteiger partial charge in [0.15, 0.2) is 5.16 Å². The number of anilines is 2. The molecule has 1 aromatic heterocycles. The van der Waals surface area contributed by atoms with Crippen LogP contribution < -0.4 is 11.1 Å². The molecule has 3 N–H and O–H groups in total. The maximum Gasteiger partial charge on any atom is 0.191 e. The van der Waals surface area contributed by atoms with E-state index in [1.165, 1.54) is 25.8 Å². The molecule has 1 aromatic rings. The van der Waals surface area contributed by atoms with Crippen molar-refractivity contribution in [1.29, 1.82) is 0 Å². The predicted octanol–water partition coefficient (Wildman–Crippen LogP) is 2.31. The lowest BCUT2D eigenvalue weighted by molar-refractivity contribution is 0.399. The first-order chi connectivity index (χ1) is 9.67. The van der Waals surface area contributed by atoms with E-state index in [2.05, 4.69) is 34.2 Å². The number of thioether (sulfide) groups is 1. The monoisotopic (exact) mass is 295 g/mol. The van der Waals surface area contributed by atoms with Gasteiger partial charge in [0.25, 0.3) is 0 Å². The first-order valence-electron chi connectivity index (χ1n) is 7.37. The summed E-state index contributed by atoms with van der Waals surface area (Å²) in [5.41, 5.74) is 5.86. The van der Waals surface area contributed by atoms with Gasteiger partial charge in [-0.3, -0.25) is 0 Å². The van der Waals surface area contributed by atoms with E-state index < -0.39 is 0 Å². The Bertz CT molecular complexity index is 426. The average Bonchev–Trinajstić information content (AvgIpc) is 2.82. The SMILES string of the molecule is CCCCSc1nc(N)cc(NCC2CCN(C)C2)n1. The summed E-state index contributed by atoms with van der Waals surface area (Å²) in [7, 11) is 2.17. The van der Waals surface area contributed by atoms with Crippen molar-refractivity contribution in [3.8, 4) is 0 Å². The molecule has 1 fully saturated rings. The normalized spacial score (nSPS) is 19.4. The van der Waals surface area contributed by atoms with Gasteiger partial charge < -0.3 is 16.0 Å². The van der Waals surface area contributed by atoms with Gasteiger partial charge in [-0.25, -0.2) is 9.97 Å². The predicted molar refractivity (Wildman–Crippen MR) is 86.2 cm³/mol. The van der Waals surface area contributed by atoms with Gasteiger partial charge in [-0.2, -0.15) is 0 Å². The van der Waals surface area contributed by atoms with E-state index in [4.69, 9.17) is 5.73 Å². The van der Waals surface area contributed by atoms with Gasteiger partial charge in [0.1, 0.15) is 11.6 Å². The molecule has 0 aromatic carbocycles. The number of unbranched alkanes of at least 4 members (excludes halogenated alkanes) is 1. The second-order valence-electron chi connectivity index (χ2n) is 5.46. The highest BCUT2D eigenvalue weighted by Gasteiger charge is 2.19. The van der Waals surface area contributed by atoms with Gasteiger partial charge in [0.2, 0.25) is 0 Å². The Labute approximate surface area is 125 Å². The summed E-state index contributed by atoms with van der Waals surface area (Å²) in [6.07, 6.45) is 3.62. The van der Waals surface area contributed by atoms with Gasteiger partial charge >= 0.3 is 0 Å². The van der Waals surface area contributed by atoms with Crippen LogP contribution >= 0.6 is 11.8 Å². The summed E-state index contributed by atoms with van der Waals surface area (Å²) in [4.78, 5) is 11.2. The zero-order valence-electron chi connectivity index (χ0n) is 12.4. The largest absolute Gasteiger partial charge is 0.383 e.